The molecule has 0 spiro atoms. The number of aryl methyl sites for hydroxylation is 1. The number of nitrogens with zero attached hydrogens (tertiary/aromatic N) is 3. The van der Waals surface area contributed by atoms with Gasteiger partial charge in [0.1, 0.15) is 5.82 Å². The lowest BCUT2D eigenvalue weighted by Gasteiger charge is -2.35. The molecular weight excluding hydrogens is 393 g/mol. The fourth-order valence-corrected chi connectivity index (χ4v) is 4.28. The summed E-state index contributed by atoms with van der Waals surface area (Å²) in [6, 6.07) is 11.5. The lowest BCUT2D eigenvalue weighted by molar-refractivity contribution is 0.0623. The summed E-state index contributed by atoms with van der Waals surface area (Å²) in [5.41, 5.74) is 2.27. The van der Waals surface area contributed by atoms with Crippen LogP contribution in [-0.2, 0) is 16.6 Å². The molecule has 0 unspecified atom stereocenters. The zero-order valence-electron chi connectivity index (χ0n) is 16.9. The number of carbonyl (C=O) groups is 1. The molecule has 1 fully saturated rings. The van der Waals surface area contributed by atoms with Crippen LogP contribution in [0.3, 0.4) is 0 Å². The Morgan fingerprint density at radius 3 is 2.34 bits per heavy atom. The fraction of sp³-hybridized carbons (Fsp3) is 0.381. The third-order valence-corrected chi connectivity index (χ3v) is 7.07. The van der Waals surface area contributed by atoms with Crippen LogP contribution < -0.4 is 0 Å². The monoisotopic (exact) mass is 419 g/mol. The van der Waals surface area contributed by atoms with Crippen LogP contribution >= 0.6 is 0 Å². The van der Waals surface area contributed by atoms with Crippen LogP contribution in [-0.4, -0.2) is 68.7 Å². The number of halogens is 1. The minimum Gasteiger partial charge on any atom is -0.336 e. The van der Waals surface area contributed by atoms with Crippen LogP contribution in [0.1, 0.15) is 21.5 Å². The van der Waals surface area contributed by atoms with Crippen LogP contribution in [0.15, 0.2) is 47.4 Å². The van der Waals surface area contributed by atoms with Crippen molar-refractivity contribution in [3.8, 4) is 0 Å². The molecule has 1 heterocycles. The molecule has 2 aromatic rings. The van der Waals surface area contributed by atoms with Gasteiger partial charge in [0, 0.05) is 46.8 Å². The van der Waals surface area contributed by atoms with Gasteiger partial charge in [-0.15, -0.1) is 0 Å². The second kappa shape index (κ2) is 8.61. The molecule has 156 valence electrons. The molecule has 1 aliphatic rings. The Hall–Kier alpha value is -2.29. The highest BCUT2D eigenvalue weighted by molar-refractivity contribution is 7.89. The minimum absolute atomic E-state index is 0.0922. The zero-order chi connectivity index (χ0) is 21.2. The predicted octanol–water partition coefficient (Wildman–Crippen LogP) is 2.34. The van der Waals surface area contributed by atoms with Crippen molar-refractivity contribution >= 4 is 15.9 Å². The van der Waals surface area contributed by atoms with E-state index in [0.717, 1.165) is 23.0 Å². The molecular formula is C21H26FN3O3S. The van der Waals surface area contributed by atoms with Crippen LogP contribution in [0.5, 0.6) is 0 Å². The Morgan fingerprint density at radius 1 is 1.07 bits per heavy atom. The number of hydrogen-bond donors (Lipinski definition) is 0. The van der Waals surface area contributed by atoms with E-state index >= 15 is 0 Å². The van der Waals surface area contributed by atoms with E-state index in [9.17, 15) is 17.6 Å². The van der Waals surface area contributed by atoms with Crippen LogP contribution in [0.4, 0.5) is 4.39 Å². The molecule has 0 bridgehead atoms. The first-order valence-electron chi connectivity index (χ1n) is 9.48. The van der Waals surface area contributed by atoms with Gasteiger partial charge in [-0.2, -0.15) is 0 Å². The maximum Gasteiger partial charge on any atom is 0.256 e. The summed E-state index contributed by atoms with van der Waals surface area (Å²) in [5.74, 6) is -1.19. The molecule has 1 aliphatic heterocycles. The van der Waals surface area contributed by atoms with Crippen LogP contribution in [0, 0.1) is 12.7 Å². The summed E-state index contributed by atoms with van der Waals surface area (Å²) in [7, 11) is -0.947. The molecule has 0 aromatic heterocycles. The normalized spacial score (nSPS) is 15.7. The molecule has 2 aromatic carbocycles. The standard InChI is InChI=1S/C21H26FN3O3S/c1-16-6-4-5-7-17(16)15-24-10-12-25(13-11-24)21(26)19-14-18(8-9-20(19)22)29(27,28)23(2)3/h4-9,14H,10-13,15H2,1-3H3. The van der Waals surface area contributed by atoms with Crippen molar-refractivity contribution in [3.05, 3.63) is 65.0 Å². The number of carbonyl (C=O) groups excluding carboxylic acids is 1. The van der Waals surface area contributed by atoms with Crippen molar-refractivity contribution in [2.45, 2.75) is 18.4 Å². The van der Waals surface area contributed by atoms with Crippen molar-refractivity contribution in [1.82, 2.24) is 14.1 Å². The first-order chi connectivity index (χ1) is 13.7. The van der Waals surface area contributed by atoms with E-state index in [1.54, 1.807) is 4.90 Å². The molecule has 1 saturated heterocycles. The van der Waals surface area contributed by atoms with Crippen LogP contribution in [0.25, 0.3) is 0 Å². The molecule has 3 rings (SSSR count). The smallest absolute Gasteiger partial charge is 0.256 e. The lowest BCUT2D eigenvalue weighted by Crippen LogP contribution is -2.48. The van der Waals surface area contributed by atoms with Crippen molar-refractivity contribution in [2.24, 2.45) is 0 Å². The maximum absolute atomic E-state index is 14.3. The van der Waals surface area contributed by atoms with E-state index < -0.39 is 21.7 Å². The summed E-state index contributed by atoms with van der Waals surface area (Å²) < 4.78 is 40.0. The average molecular weight is 420 g/mol. The predicted molar refractivity (Wildman–Crippen MR) is 110 cm³/mol. The Morgan fingerprint density at radius 2 is 1.72 bits per heavy atom. The Kier molecular flexibility index (Phi) is 6.36. The maximum atomic E-state index is 14.3. The Labute approximate surface area is 171 Å². The van der Waals surface area contributed by atoms with Gasteiger partial charge >= 0.3 is 0 Å². The molecule has 0 saturated carbocycles. The van der Waals surface area contributed by atoms with Gasteiger partial charge < -0.3 is 4.90 Å². The Balaban J connectivity index is 1.70. The van der Waals surface area contributed by atoms with Crippen LogP contribution in [0.2, 0.25) is 0 Å². The minimum atomic E-state index is -3.74. The summed E-state index contributed by atoms with van der Waals surface area (Å²) in [4.78, 5) is 16.6. The topological polar surface area (TPSA) is 60.9 Å². The van der Waals surface area contributed by atoms with Crippen molar-refractivity contribution < 1.29 is 17.6 Å². The third-order valence-electron chi connectivity index (χ3n) is 5.26. The highest BCUT2D eigenvalue weighted by atomic mass is 32.2. The largest absolute Gasteiger partial charge is 0.336 e. The van der Waals surface area contributed by atoms with Crippen molar-refractivity contribution in [2.75, 3.05) is 40.3 Å². The van der Waals surface area contributed by atoms with Crippen molar-refractivity contribution in [3.63, 3.8) is 0 Å². The van der Waals surface area contributed by atoms with Gasteiger partial charge in [-0.1, -0.05) is 24.3 Å². The number of sulfonamides is 1. The average Bonchev–Trinajstić information content (AvgIpc) is 2.70. The molecule has 6 nitrogen and oxygen atoms in total. The van der Waals surface area contributed by atoms with Gasteiger partial charge in [0.2, 0.25) is 10.0 Å². The number of hydrogen-bond acceptors (Lipinski definition) is 4. The second-order valence-corrected chi connectivity index (χ2v) is 9.58. The summed E-state index contributed by atoms with van der Waals surface area (Å²) in [5, 5.41) is 0. The number of piperazine rings is 1. The van der Waals surface area contributed by atoms with Gasteiger partial charge in [-0.25, -0.2) is 17.1 Å². The first-order valence-corrected chi connectivity index (χ1v) is 10.9. The highest BCUT2D eigenvalue weighted by Crippen LogP contribution is 2.20. The molecule has 29 heavy (non-hydrogen) atoms. The van der Waals surface area contributed by atoms with Gasteiger partial charge in [0.05, 0.1) is 10.5 Å². The molecule has 0 N–H and O–H groups in total. The molecule has 1 amide bonds. The van der Waals surface area contributed by atoms with Gasteiger partial charge in [-0.05, 0) is 36.2 Å². The second-order valence-electron chi connectivity index (χ2n) is 7.42. The zero-order valence-corrected chi connectivity index (χ0v) is 17.7. The third kappa shape index (κ3) is 4.66. The summed E-state index contributed by atoms with van der Waals surface area (Å²) in [6.45, 7) is 5.17. The van der Waals surface area contributed by atoms with E-state index in [-0.39, 0.29) is 10.5 Å². The molecule has 0 radical (unpaired) electrons. The quantitative estimate of drug-likeness (QED) is 0.747. The molecule has 8 heteroatoms. The van der Waals surface area contributed by atoms with Gasteiger partial charge in [0.15, 0.2) is 0 Å². The molecule has 0 aliphatic carbocycles. The Bertz CT molecular complexity index is 1000. The lowest BCUT2D eigenvalue weighted by atomic mass is 10.1. The SMILES string of the molecule is Cc1ccccc1CN1CCN(C(=O)c2cc(S(=O)(=O)N(C)C)ccc2F)CC1. The fourth-order valence-electron chi connectivity index (χ4n) is 3.35. The molecule has 0 atom stereocenters. The van der Waals surface area contributed by atoms with E-state index in [4.69, 9.17) is 0 Å². The van der Waals surface area contributed by atoms with E-state index in [2.05, 4.69) is 24.0 Å². The van der Waals surface area contributed by atoms with E-state index in [0.29, 0.717) is 26.2 Å². The number of amides is 1. The van der Waals surface area contributed by atoms with Gasteiger partial charge in [0.25, 0.3) is 5.91 Å². The van der Waals surface area contributed by atoms with Gasteiger partial charge in [-0.3, -0.25) is 9.69 Å². The highest BCUT2D eigenvalue weighted by Gasteiger charge is 2.26. The van der Waals surface area contributed by atoms with E-state index in [1.165, 1.54) is 31.3 Å². The summed E-state index contributed by atoms with van der Waals surface area (Å²) >= 11 is 0. The number of benzene rings is 2. The first kappa shape index (κ1) is 21.4. The number of rotatable bonds is 5. The summed E-state index contributed by atoms with van der Waals surface area (Å²) in [6.07, 6.45) is 0. The van der Waals surface area contributed by atoms with E-state index in [1.807, 2.05) is 12.1 Å². The van der Waals surface area contributed by atoms with Crippen molar-refractivity contribution in [1.29, 1.82) is 0 Å².